The van der Waals surface area contributed by atoms with Crippen molar-refractivity contribution in [3.05, 3.63) is 28.8 Å². The maximum absolute atomic E-state index is 12.3. The molecule has 120 valence electrons. The number of hydrogen-bond donors (Lipinski definition) is 2. The third-order valence-corrected chi connectivity index (χ3v) is 4.26. The Morgan fingerprint density at radius 3 is 2.68 bits per heavy atom. The van der Waals surface area contributed by atoms with E-state index < -0.39 is 17.6 Å². The molecule has 0 heterocycles. The summed E-state index contributed by atoms with van der Waals surface area (Å²) >= 11 is 6.05. The Bertz CT molecular complexity index is 584. The second kappa shape index (κ2) is 6.57. The minimum Gasteiger partial charge on any atom is -0.481 e. The van der Waals surface area contributed by atoms with E-state index in [9.17, 15) is 9.59 Å². The van der Waals surface area contributed by atoms with Gasteiger partial charge in [0.15, 0.2) is 6.10 Å². The molecule has 1 aliphatic rings. The number of aryl methyl sites for hydroxylation is 1. The van der Waals surface area contributed by atoms with E-state index in [-0.39, 0.29) is 12.3 Å². The van der Waals surface area contributed by atoms with Gasteiger partial charge in [-0.3, -0.25) is 9.59 Å². The average molecular weight is 326 g/mol. The molecule has 0 spiro atoms. The van der Waals surface area contributed by atoms with Crippen molar-refractivity contribution in [2.75, 3.05) is 0 Å². The minimum atomic E-state index is -0.907. The molecule has 6 heteroatoms. The molecule has 0 aliphatic heterocycles. The van der Waals surface area contributed by atoms with Gasteiger partial charge in [0.1, 0.15) is 5.75 Å². The zero-order chi connectivity index (χ0) is 16.3. The number of carbonyl (C=O) groups excluding carboxylic acids is 1. The molecule has 2 N–H and O–H groups in total. The molecule has 1 aliphatic carbocycles. The number of halogens is 1. The van der Waals surface area contributed by atoms with Crippen LogP contribution >= 0.6 is 11.6 Å². The van der Waals surface area contributed by atoms with Crippen LogP contribution in [-0.4, -0.2) is 28.6 Å². The number of nitrogens with one attached hydrogen (secondary N) is 1. The number of ether oxygens (including phenoxy) is 1. The van der Waals surface area contributed by atoms with Crippen molar-refractivity contribution in [1.29, 1.82) is 0 Å². The highest BCUT2D eigenvalue weighted by atomic mass is 35.5. The van der Waals surface area contributed by atoms with Crippen LogP contribution in [0.2, 0.25) is 5.02 Å². The molecular weight excluding hydrogens is 306 g/mol. The molecular formula is C16H20ClNO4. The highest BCUT2D eigenvalue weighted by Crippen LogP contribution is 2.35. The van der Waals surface area contributed by atoms with Gasteiger partial charge in [0, 0.05) is 0 Å². The molecule has 0 bridgehead atoms. The van der Waals surface area contributed by atoms with E-state index in [2.05, 4.69) is 5.32 Å². The van der Waals surface area contributed by atoms with Gasteiger partial charge in [-0.2, -0.15) is 0 Å². The average Bonchev–Trinajstić information content (AvgIpc) is 2.39. The van der Waals surface area contributed by atoms with Crippen LogP contribution in [0.1, 0.15) is 38.2 Å². The molecule has 1 saturated carbocycles. The first kappa shape index (κ1) is 16.6. The molecule has 1 aromatic carbocycles. The summed E-state index contributed by atoms with van der Waals surface area (Å²) in [5.74, 6) is -0.779. The van der Waals surface area contributed by atoms with E-state index in [0.717, 1.165) is 12.0 Å². The Kier molecular flexibility index (Phi) is 4.96. The van der Waals surface area contributed by atoms with Crippen molar-refractivity contribution >= 4 is 23.5 Å². The van der Waals surface area contributed by atoms with E-state index in [0.29, 0.717) is 23.6 Å². The third kappa shape index (κ3) is 3.91. The second-order valence-corrected chi connectivity index (χ2v) is 6.29. The van der Waals surface area contributed by atoms with Gasteiger partial charge < -0.3 is 15.2 Å². The van der Waals surface area contributed by atoms with Gasteiger partial charge in [-0.15, -0.1) is 0 Å². The van der Waals surface area contributed by atoms with Crippen molar-refractivity contribution in [3.63, 3.8) is 0 Å². The lowest BCUT2D eigenvalue weighted by Gasteiger charge is -2.42. The summed E-state index contributed by atoms with van der Waals surface area (Å²) in [7, 11) is 0. The first-order valence-corrected chi connectivity index (χ1v) is 7.66. The number of rotatable bonds is 6. The van der Waals surface area contributed by atoms with Gasteiger partial charge in [-0.25, -0.2) is 0 Å². The van der Waals surface area contributed by atoms with Gasteiger partial charge >= 0.3 is 5.97 Å². The fourth-order valence-electron chi connectivity index (χ4n) is 2.55. The van der Waals surface area contributed by atoms with Crippen LogP contribution in [0.4, 0.5) is 0 Å². The number of aliphatic carboxylic acids is 1. The summed E-state index contributed by atoms with van der Waals surface area (Å²) in [5, 5.41) is 12.2. The molecule has 1 atom stereocenters. The molecule has 0 saturated heterocycles. The zero-order valence-electron chi connectivity index (χ0n) is 12.7. The molecule has 2 rings (SSSR count). The Labute approximate surface area is 134 Å². The molecule has 5 nitrogen and oxygen atoms in total. The second-order valence-electron chi connectivity index (χ2n) is 5.89. The largest absolute Gasteiger partial charge is 0.481 e. The minimum absolute atomic E-state index is 0.0589. The summed E-state index contributed by atoms with van der Waals surface area (Å²) < 4.78 is 5.62. The van der Waals surface area contributed by atoms with Crippen LogP contribution in [0.15, 0.2) is 18.2 Å². The SMILES string of the molecule is Cc1ccc(Cl)c(OC(C)C(=O)NC2(CC(=O)O)CCC2)c1. The number of carbonyl (C=O) groups is 2. The van der Waals surface area contributed by atoms with E-state index in [1.165, 1.54) is 0 Å². The van der Waals surface area contributed by atoms with Gasteiger partial charge in [0.25, 0.3) is 5.91 Å². The van der Waals surface area contributed by atoms with Gasteiger partial charge in [0.2, 0.25) is 0 Å². The number of hydrogen-bond acceptors (Lipinski definition) is 3. The molecule has 1 fully saturated rings. The van der Waals surface area contributed by atoms with Crippen molar-refractivity contribution in [2.24, 2.45) is 0 Å². The number of carboxylic acid groups (broad SMARTS) is 1. The fraction of sp³-hybridized carbons (Fsp3) is 0.500. The van der Waals surface area contributed by atoms with Crippen molar-refractivity contribution in [1.82, 2.24) is 5.32 Å². The predicted octanol–water partition coefficient (Wildman–Crippen LogP) is 2.93. The topological polar surface area (TPSA) is 75.6 Å². The third-order valence-electron chi connectivity index (χ3n) is 3.95. The smallest absolute Gasteiger partial charge is 0.305 e. The van der Waals surface area contributed by atoms with Gasteiger partial charge in [-0.1, -0.05) is 17.7 Å². The number of carboxylic acids is 1. The molecule has 0 aromatic heterocycles. The maximum Gasteiger partial charge on any atom is 0.305 e. The summed E-state index contributed by atoms with van der Waals surface area (Å²) in [4.78, 5) is 23.2. The summed E-state index contributed by atoms with van der Waals surface area (Å²) in [6.45, 7) is 3.53. The van der Waals surface area contributed by atoms with E-state index in [4.69, 9.17) is 21.4 Å². The fourth-order valence-corrected chi connectivity index (χ4v) is 2.71. The van der Waals surface area contributed by atoms with Crippen molar-refractivity contribution < 1.29 is 19.4 Å². The standard InChI is InChI=1S/C16H20ClNO4/c1-10-4-5-12(17)13(8-10)22-11(2)15(21)18-16(6-3-7-16)9-14(19)20/h4-5,8,11H,3,6-7,9H2,1-2H3,(H,18,21)(H,19,20). The highest BCUT2D eigenvalue weighted by Gasteiger charge is 2.41. The van der Waals surface area contributed by atoms with Crippen molar-refractivity contribution in [2.45, 2.75) is 51.2 Å². The summed E-state index contributed by atoms with van der Waals surface area (Å²) in [5.41, 5.74) is 0.352. The number of amides is 1. The molecule has 1 unspecified atom stereocenters. The Hall–Kier alpha value is -1.75. The van der Waals surface area contributed by atoms with Crippen LogP contribution in [0.5, 0.6) is 5.75 Å². The lowest BCUT2D eigenvalue weighted by atomic mass is 9.74. The first-order valence-electron chi connectivity index (χ1n) is 7.28. The first-order chi connectivity index (χ1) is 10.3. The predicted molar refractivity (Wildman–Crippen MR) is 83.3 cm³/mol. The van der Waals surface area contributed by atoms with Crippen LogP contribution in [0, 0.1) is 6.92 Å². The van der Waals surface area contributed by atoms with Gasteiger partial charge in [0.05, 0.1) is 17.0 Å². The Morgan fingerprint density at radius 2 is 2.14 bits per heavy atom. The van der Waals surface area contributed by atoms with Crippen LogP contribution in [-0.2, 0) is 9.59 Å². The monoisotopic (exact) mass is 325 g/mol. The Morgan fingerprint density at radius 1 is 1.45 bits per heavy atom. The molecule has 22 heavy (non-hydrogen) atoms. The summed E-state index contributed by atoms with van der Waals surface area (Å²) in [6.07, 6.45) is 1.49. The van der Waals surface area contributed by atoms with Crippen LogP contribution in [0.3, 0.4) is 0 Å². The molecule has 1 amide bonds. The van der Waals surface area contributed by atoms with Gasteiger partial charge in [-0.05, 0) is 50.8 Å². The van der Waals surface area contributed by atoms with E-state index in [1.54, 1.807) is 19.1 Å². The van der Waals surface area contributed by atoms with E-state index >= 15 is 0 Å². The lowest BCUT2D eigenvalue weighted by molar-refractivity contribution is -0.141. The quantitative estimate of drug-likeness (QED) is 0.843. The normalized spacial score (nSPS) is 17.2. The highest BCUT2D eigenvalue weighted by molar-refractivity contribution is 6.32. The maximum atomic E-state index is 12.3. The molecule has 0 radical (unpaired) electrons. The van der Waals surface area contributed by atoms with E-state index in [1.807, 2.05) is 13.0 Å². The van der Waals surface area contributed by atoms with Crippen molar-refractivity contribution in [3.8, 4) is 5.75 Å². The lowest BCUT2D eigenvalue weighted by Crippen LogP contribution is -2.57. The Balaban J connectivity index is 2.00. The number of benzene rings is 1. The zero-order valence-corrected chi connectivity index (χ0v) is 13.4. The van der Waals surface area contributed by atoms with Crippen LogP contribution in [0.25, 0.3) is 0 Å². The summed E-state index contributed by atoms with van der Waals surface area (Å²) in [6, 6.07) is 5.34. The van der Waals surface area contributed by atoms with Crippen LogP contribution < -0.4 is 10.1 Å². The molecule has 1 aromatic rings.